The zero-order valence-corrected chi connectivity index (χ0v) is 6.96. The van der Waals surface area contributed by atoms with Gasteiger partial charge in [0.15, 0.2) is 5.82 Å². The average Bonchev–Trinajstić information content (AvgIpc) is 2.71. The minimum atomic E-state index is 0.505. The molecule has 5 heteroatoms. The second-order valence-corrected chi connectivity index (χ2v) is 2.57. The van der Waals surface area contributed by atoms with Crippen LogP contribution in [0.4, 0.5) is 0 Å². The number of hydrogen-bond acceptors (Lipinski definition) is 4. The first kappa shape index (κ1) is 7.88. The minimum Gasteiger partial charge on any atom is -0.326 e. The Morgan fingerprint density at radius 2 is 2.31 bits per heavy atom. The molecule has 2 heterocycles. The van der Waals surface area contributed by atoms with Crippen LogP contribution in [0, 0.1) is 0 Å². The first-order valence-corrected chi connectivity index (χ1v) is 3.90. The molecular formula is C8H9N5. The van der Waals surface area contributed by atoms with Crippen LogP contribution in [0.2, 0.25) is 0 Å². The van der Waals surface area contributed by atoms with Crippen LogP contribution in [-0.4, -0.2) is 19.7 Å². The van der Waals surface area contributed by atoms with Gasteiger partial charge in [0.25, 0.3) is 0 Å². The first-order valence-electron chi connectivity index (χ1n) is 3.90. The number of nitrogens with two attached hydrogens (primary N) is 1. The summed E-state index contributed by atoms with van der Waals surface area (Å²) >= 11 is 0. The third-order valence-corrected chi connectivity index (χ3v) is 1.70. The van der Waals surface area contributed by atoms with Gasteiger partial charge in [0.05, 0.1) is 0 Å². The normalized spacial score (nSPS) is 10.2. The lowest BCUT2D eigenvalue weighted by Crippen LogP contribution is -2.01. The number of hydrogen-bond donors (Lipinski definition) is 1. The molecule has 0 aromatic carbocycles. The first-order chi connectivity index (χ1) is 6.40. The van der Waals surface area contributed by atoms with E-state index >= 15 is 0 Å². The molecule has 66 valence electrons. The van der Waals surface area contributed by atoms with Crippen LogP contribution in [0.1, 0.15) is 5.56 Å². The van der Waals surface area contributed by atoms with Gasteiger partial charge < -0.3 is 5.73 Å². The van der Waals surface area contributed by atoms with E-state index < -0.39 is 0 Å². The van der Waals surface area contributed by atoms with Crippen molar-refractivity contribution in [3.05, 3.63) is 36.5 Å². The van der Waals surface area contributed by atoms with E-state index in [4.69, 9.17) is 5.73 Å². The van der Waals surface area contributed by atoms with Gasteiger partial charge in [0.2, 0.25) is 0 Å². The lowest BCUT2D eigenvalue weighted by molar-refractivity contribution is 0.841. The van der Waals surface area contributed by atoms with Crippen molar-refractivity contribution >= 4 is 0 Å². The fourth-order valence-electron chi connectivity index (χ4n) is 0.999. The highest BCUT2D eigenvalue weighted by Gasteiger charge is 1.96. The van der Waals surface area contributed by atoms with Crippen molar-refractivity contribution in [2.45, 2.75) is 6.54 Å². The number of pyridine rings is 1. The topological polar surface area (TPSA) is 69.6 Å². The van der Waals surface area contributed by atoms with E-state index in [1.165, 1.54) is 6.33 Å². The summed E-state index contributed by atoms with van der Waals surface area (Å²) in [6.45, 7) is 0.505. The predicted molar refractivity (Wildman–Crippen MR) is 47.0 cm³/mol. The molecule has 0 aliphatic carbocycles. The van der Waals surface area contributed by atoms with Crippen molar-refractivity contribution < 1.29 is 0 Å². The van der Waals surface area contributed by atoms with Crippen molar-refractivity contribution in [1.82, 2.24) is 19.7 Å². The number of aromatic nitrogens is 4. The SMILES string of the molecule is NCc1ccc(-n2cncn2)nc1. The van der Waals surface area contributed by atoms with E-state index in [0.717, 1.165) is 11.4 Å². The Morgan fingerprint density at radius 3 is 2.85 bits per heavy atom. The standard InChI is InChI=1S/C8H9N5/c9-3-7-1-2-8(11-4-7)13-6-10-5-12-13/h1-2,4-6H,3,9H2. The Kier molecular flexibility index (Phi) is 2.01. The van der Waals surface area contributed by atoms with Gasteiger partial charge in [-0.3, -0.25) is 0 Å². The fourth-order valence-corrected chi connectivity index (χ4v) is 0.999. The summed E-state index contributed by atoms with van der Waals surface area (Å²) < 4.78 is 1.60. The summed E-state index contributed by atoms with van der Waals surface area (Å²) in [5.74, 6) is 0.745. The molecule has 0 amide bonds. The molecule has 2 aromatic rings. The second kappa shape index (κ2) is 3.32. The monoisotopic (exact) mass is 175 g/mol. The Hall–Kier alpha value is -1.75. The molecular weight excluding hydrogens is 166 g/mol. The lowest BCUT2D eigenvalue weighted by atomic mass is 10.3. The molecule has 0 aliphatic heterocycles. The third kappa shape index (κ3) is 1.54. The van der Waals surface area contributed by atoms with Gasteiger partial charge in [0.1, 0.15) is 12.7 Å². The zero-order chi connectivity index (χ0) is 9.10. The molecule has 0 saturated heterocycles. The maximum atomic E-state index is 5.44. The van der Waals surface area contributed by atoms with Gasteiger partial charge in [-0.05, 0) is 11.6 Å². The van der Waals surface area contributed by atoms with Crippen molar-refractivity contribution in [3.8, 4) is 5.82 Å². The molecule has 2 N–H and O–H groups in total. The maximum Gasteiger partial charge on any atom is 0.155 e. The molecule has 0 fully saturated rings. The molecule has 0 saturated carbocycles. The predicted octanol–water partition coefficient (Wildman–Crippen LogP) is 0.121. The summed E-state index contributed by atoms with van der Waals surface area (Å²) in [6, 6.07) is 3.78. The second-order valence-electron chi connectivity index (χ2n) is 2.57. The summed E-state index contributed by atoms with van der Waals surface area (Å²) in [5.41, 5.74) is 6.45. The van der Waals surface area contributed by atoms with E-state index in [0.29, 0.717) is 6.54 Å². The van der Waals surface area contributed by atoms with Crippen molar-refractivity contribution in [1.29, 1.82) is 0 Å². The number of rotatable bonds is 2. The quantitative estimate of drug-likeness (QED) is 0.703. The van der Waals surface area contributed by atoms with Gasteiger partial charge in [0, 0.05) is 12.7 Å². The minimum absolute atomic E-state index is 0.505. The van der Waals surface area contributed by atoms with E-state index in [1.54, 1.807) is 17.2 Å². The highest BCUT2D eigenvalue weighted by molar-refractivity contribution is 5.23. The lowest BCUT2D eigenvalue weighted by Gasteiger charge is -1.99. The van der Waals surface area contributed by atoms with Crippen molar-refractivity contribution in [2.75, 3.05) is 0 Å². The van der Waals surface area contributed by atoms with E-state index in [-0.39, 0.29) is 0 Å². The van der Waals surface area contributed by atoms with Gasteiger partial charge >= 0.3 is 0 Å². The summed E-state index contributed by atoms with van der Waals surface area (Å²) in [4.78, 5) is 8.00. The van der Waals surface area contributed by atoms with E-state index in [2.05, 4.69) is 15.1 Å². The smallest absolute Gasteiger partial charge is 0.155 e. The Bertz CT molecular complexity index is 364. The van der Waals surface area contributed by atoms with Crippen LogP contribution >= 0.6 is 0 Å². The zero-order valence-electron chi connectivity index (χ0n) is 6.96. The van der Waals surface area contributed by atoms with Crippen LogP contribution in [0.5, 0.6) is 0 Å². The largest absolute Gasteiger partial charge is 0.326 e. The molecule has 0 spiro atoms. The van der Waals surface area contributed by atoms with Crippen LogP contribution in [0.3, 0.4) is 0 Å². The molecule has 2 rings (SSSR count). The van der Waals surface area contributed by atoms with Gasteiger partial charge in [-0.25, -0.2) is 14.6 Å². The summed E-state index contributed by atoms with van der Waals surface area (Å²) in [6.07, 6.45) is 4.81. The van der Waals surface area contributed by atoms with Crippen molar-refractivity contribution in [2.24, 2.45) is 5.73 Å². The third-order valence-electron chi connectivity index (χ3n) is 1.70. The molecule has 13 heavy (non-hydrogen) atoms. The van der Waals surface area contributed by atoms with Gasteiger partial charge in [-0.1, -0.05) is 6.07 Å². The average molecular weight is 175 g/mol. The fraction of sp³-hybridized carbons (Fsp3) is 0.125. The van der Waals surface area contributed by atoms with E-state index in [9.17, 15) is 0 Å². The molecule has 0 bridgehead atoms. The van der Waals surface area contributed by atoms with E-state index in [1.807, 2.05) is 12.1 Å². The van der Waals surface area contributed by atoms with Crippen LogP contribution in [-0.2, 0) is 6.54 Å². The summed E-state index contributed by atoms with van der Waals surface area (Å²) in [7, 11) is 0. The number of nitrogens with zero attached hydrogens (tertiary/aromatic N) is 4. The van der Waals surface area contributed by atoms with Crippen LogP contribution in [0.15, 0.2) is 31.0 Å². The molecule has 0 aliphatic rings. The Morgan fingerprint density at radius 1 is 1.38 bits per heavy atom. The Labute approximate surface area is 75.2 Å². The summed E-state index contributed by atoms with van der Waals surface area (Å²) in [5, 5.41) is 3.95. The maximum absolute atomic E-state index is 5.44. The highest BCUT2D eigenvalue weighted by Crippen LogP contribution is 2.02. The van der Waals surface area contributed by atoms with Crippen LogP contribution in [0.25, 0.3) is 5.82 Å². The van der Waals surface area contributed by atoms with Crippen LogP contribution < -0.4 is 5.73 Å². The highest BCUT2D eigenvalue weighted by atomic mass is 15.3. The molecule has 0 atom stereocenters. The van der Waals surface area contributed by atoms with Crippen molar-refractivity contribution in [3.63, 3.8) is 0 Å². The molecule has 2 aromatic heterocycles. The van der Waals surface area contributed by atoms with Gasteiger partial charge in [-0.2, -0.15) is 5.10 Å². The molecule has 0 radical (unpaired) electrons. The Balaban J connectivity index is 2.33. The molecule has 5 nitrogen and oxygen atoms in total. The molecule has 0 unspecified atom stereocenters. The van der Waals surface area contributed by atoms with Gasteiger partial charge in [-0.15, -0.1) is 0 Å².